The van der Waals surface area contributed by atoms with E-state index in [0.717, 1.165) is 25.4 Å². The Balaban J connectivity index is 0.00000103. The van der Waals surface area contributed by atoms with Crippen molar-refractivity contribution in [3.63, 3.8) is 0 Å². The van der Waals surface area contributed by atoms with Gasteiger partial charge in [-0.25, -0.2) is 0 Å². The van der Waals surface area contributed by atoms with E-state index in [4.69, 9.17) is 20.3 Å². The third-order valence-corrected chi connectivity index (χ3v) is 10.3. The van der Waals surface area contributed by atoms with Gasteiger partial charge in [-0.1, -0.05) is 121 Å². The van der Waals surface area contributed by atoms with Gasteiger partial charge >= 0.3 is 33.2 Å². The first-order valence-electron chi connectivity index (χ1n) is 11.1. The predicted octanol–water partition coefficient (Wildman–Crippen LogP) is 6.22. The fraction of sp³-hybridized carbons (Fsp3) is 0.143. The van der Waals surface area contributed by atoms with Crippen molar-refractivity contribution in [2.45, 2.75) is 0 Å². The monoisotopic (exact) mass is 570 g/mol. The van der Waals surface area contributed by atoms with Crippen molar-refractivity contribution in [2.24, 2.45) is 0 Å². The van der Waals surface area contributed by atoms with E-state index >= 15 is 0 Å². The van der Waals surface area contributed by atoms with Gasteiger partial charge in [0.15, 0.2) is 0 Å². The zero-order chi connectivity index (χ0) is 23.8. The maximum Gasteiger partial charge on any atom is -0.000332 e. The van der Waals surface area contributed by atoms with Crippen LogP contribution in [0.15, 0.2) is 121 Å². The van der Waals surface area contributed by atoms with E-state index in [1.165, 1.54) is 21.2 Å². The summed E-state index contributed by atoms with van der Waals surface area (Å²) in [6.45, 7) is 2.09. The van der Waals surface area contributed by atoms with Crippen LogP contribution in [0, 0.1) is 0 Å². The van der Waals surface area contributed by atoms with Crippen molar-refractivity contribution in [2.75, 3.05) is 25.4 Å². The molecule has 0 spiro atoms. The zero-order valence-electron chi connectivity index (χ0n) is 18.9. The van der Waals surface area contributed by atoms with Gasteiger partial charge in [-0.2, -0.15) is 0 Å². The quantitative estimate of drug-likeness (QED) is 0.176. The molecule has 0 radical (unpaired) electrons. The van der Waals surface area contributed by atoms with Gasteiger partial charge in [0.05, 0.1) is 0 Å². The molecular weight excluding hydrogens is 542 g/mol. The number of rotatable bonds is 10. The number of hydrogen-bond acceptors (Lipinski definition) is 1. The number of hydrogen-bond donors (Lipinski definition) is 1. The minimum atomic E-state index is -0.328. The molecule has 4 rings (SSSR count). The third kappa shape index (κ3) is 9.10. The molecule has 0 bridgehead atoms. The fourth-order valence-electron chi connectivity index (χ4n) is 3.75. The Morgan fingerprint density at radius 1 is 0.471 bits per heavy atom. The Morgan fingerprint density at radius 2 is 0.706 bits per heavy atom. The Hall–Kier alpha value is -1.21. The summed E-state index contributed by atoms with van der Waals surface area (Å²) in [4.78, 5) is 0. The topological polar surface area (TPSA) is 12.0 Å². The first-order chi connectivity index (χ1) is 16.8. The van der Waals surface area contributed by atoms with E-state index in [2.05, 4.69) is 127 Å². The molecule has 0 atom stereocenters. The Morgan fingerprint density at radius 3 is 0.941 bits per heavy atom. The van der Waals surface area contributed by atoms with Gasteiger partial charge in [0.2, 0.25) is 0 Å². The molecule has 0 saturated carbocycles. The molecule has 1 N–H and O–H groups in total. The van der Waals surface area contributed by atoms with Crippen molar-refractivity contribution >= 4 is 57.4 Å². The Labute approximate surface area is 221 Å². The molecule has 4 aromatic carbocycles. The van der Waals surface area contributed by atoms with Crippen LogP contribution in [-0.2, 0) is 12.9 Å². The van der Waals surface area contributed by atoms with Crippen LogP contribution in [0.25, 0.3) is 0 Å². The average Bonchev–Trinajstić information content (AvgIpc) is 2.91. The molecule has 0 unspecified atom stereocenters. The van der Waals surface area contributed by atoms with Gasteiger partial charge < -0.3 is 5.32 Å². The number of nitrogens with one attached hydrogen (secondary N) is 1. The molecule has 34 heavy (non-hydrogen) atoms. The second-order valence-corrected chi connectivity index (χ2v) is 13.8. The number of halogens is 2. The summed E-state index contributed by atoms with van der Waals surface area (Å²) < 4.78 is 0. The first-order valence-corrected chi connectivity index (χ1v) is 17.0. The van der Waals surface area contributed by atoms with E-state index in [-0.39, 0.29) is 15.8 Å². The molecule has 0 aromatic heterocycles. The summed E-state index contributed by atoms with van der Waals surface area (Å²) in [6.07, 6.45) is 2.33. The Kier molecular flexibility index (Phi) is 13.3. The van der Waals surface area contributed by atoms with E-state index in [9.17, 15) is 0 Å². The second kappa shape index (κ2) is 16.5. The molecule has 6 heteroatoms. The molecule has 0 aliphatic carbocycles. The molecule has 1 nitrogen and oxygen atoms in total. The van der Waals surface area contributed by atoms with E-state index < -0.39 is 0 Å². The smallest absolute Gasteiger partial charge is 0.000332 e. The van der Waals surface area contributed by atoms with Crippen LogP contribution in [0.4, 0.5) is 0 Å². The molecule has 0 fully saturated rings. The summed E-state index contributed by atoms with van der Waals surface area (Å²) in [5.41, 5.74) is 0. The molecule has 0 heterocycles. The molecule has 0 saturated heterocycles. The molecule has 0 amide bonds. The van der Waals surface area contributed by atoms with Gasteiger partial charge in [0, 0.05) is 0 Å². The van der Waals surface area contributed by atoms with Crippen molar-refractivity contribution in [1.82, 2.24) is 5.32 Å². The number of benzene rings is 4. The fourth-order valence-corrected chi connectivity index (χ4v) is 8.27. The van der Waals surface area contributed by atoms with Gasteiger partial charge in [-0.05, 0) is 62.5 Å². The maximum atomic E-state index is 4.73. The van der Waals surface area contributed by atoms with Crippen LogP contribution in [0.5, 0.6) is 0 Å². The molecule has 0 aliphatic heterocycles. The van der Waals surface area contributed by atoms with E-state index in [1.54, 1.807) is 0 Å². The summed E-state index contributed by atoms with van der Waals surface area (Å²) in [6, 6.07) is 44.0. The van der Waals surface area contributed by atoms with E-state index in [1.807, 2.05) is 0 Å². The average molecular weight is 571 g/mol. The van der Waals surface area contributed by atoms with Gasteiger partial charge in [0.1, 0.15) is 0 Å². The van der Waals surface area contributed by atoms with Crippen LogP contribution in [0.1, 0.15) is 0 Å². The standard InChI is InChI=1S/C28H29NP2.2ClH.Co/c1-5-13-25(14-6-1)30(26-15-7-2-8-16-26)23-21-29-22-24-31(27-17-9-3-10-18-27)28-19-11-4-12-20-28;;;/h1-20,29H,21-24H2;2*1H;/q;;;+2/p-2. The largest absolute Gasteiger partial charge is 0.316 e. The van der Waals surface area contributed by atoms with Crippen molar-refractivity contribution in [1.29, 1.82) is 0 Å². The molecular formula is C28H29Cl2CoNP2. The van der Waals surface area contributed by atoms with Gasteiger partial charge in [-0.15, -0.1) is 0 Å². The van der Waals surface area contributed by atoms with Crippen LogP contribution in [0.2, 0.25) is 0 Å². The minimum Gasteiger partial charge on any atom is -0.316 e. The Bertz CT molecular complexity index is 877. The maximum absolute atomic E-state index is 4.73. The molecule has 0 aliphatic rings. The van der Waals surface area contributed by atoms with Crippen LogP contribution >= 0.6 is 36.1 Å². The van der Waals surface area contributed by atoms with Crippen molar-refractivity contribution < 1.29 is 12.9 Å². The third-order valence-electron chi connectivity index (χ3n) is 5.30. The van der Waals surface area contributed by atoms with Crippen LogP contribution in [-0.4, -0.2) is 25.4 Å². The summed E-state index contributed by atoms with van der Waals surface area (Å²) in [5, 5.41) is 9.60. The van der Waals surface area contributed by atoms with Crippen LogP contribution in [0.3, 0.4) is 0 Å². The van der Waals surface area contributed by atoms with Crippen molar-refractivity contribution in [3.8, 4) is 0 Å². The normalized spacial score (nSPS) is 10.8. The van der Waals surface area contributed by atoms with Gasteiger partial charge in [0.25, 0.3) is 0 Å². The van der Waals surface area contributed by atoms with Crippen LogP contribution < -0.4 is 26.5 Å². The van der Waals surface area contributed by atoms with Crippen molar-refractivity contribution in [3.05, 3.63) is 121 Å². The molecule has 179 valence electrons. The van der Waals surface area contributed by atoms with Gasteiger partial charge in [-0.3, -0.25) is 0 Å². The zero-order valence-corrected chi connectivity index (χ0v) is 23.2. The summed E-state index contributed by atoms with van der Waals surface area (Å²) >= 11 is 0.382. The summed E-state index contributed by atoms with van der Waals surface area (Å²) in [5.74, 6) is 0. The van der Waals surface area contributed by atoms with E-state index in [0.29, 0.717) is 12.9 Å². The summed E-state index contributed by atoms with van der Waals surface area (Å²) in [7, 11) is 8.81. The minimum absolute atomic E-state index is 0.328. The first kappa shape index (κ1) is 27.4. The second-order valence-electron chi connectivity index (χ2n) is 7.44. The SMILES string of the molecule is [Cl][Co][Cl].c1ccc(P(CCNCCP(c2ccccc2)c2ccccc2)c2ccccc2)cc1. The predicted molar refractivity (Wildman–Crippen MR) is 152 cm³/mol. The molecule has 4 aromatic rings.